The van der Waals surface area contributed by atoms with Crippen LogP contribution >= 0.6 is 11.3 Å². The lowest BCUT2D eigenvalue weighted by molar-refractivity contribution is -0.135. The van der Waals surface area contributed by atoms with Gasteiger partial charge in [-0.2, -0.15) is 0 Å². The third-order valence-corrected chi connectivity index (χ3v) is 4.31. The van der Waals surface area contributed by atoms with Crippen molar-refractivity contribution in [1.82, 2.24) is 4.98 Å². The molecule has 5 nitrogen and oxygen atoms in total. The van der Waals surface area contributed by atoms with Crippen molar-refractivity contribution in [2.24, 2.45) is 0 Å². The molecule has 2 aromatic rings. The van der Waals surface area contributed by atoms with Gasteiger partial charge in [0.15, 0.2) is 0 Å². The molecule has 0 atom stereocenters. The van der Waals surface area contributed by atoms with Crippen LogP contribution in [0.15, 0.2) is 30.3 Å². The van der Waals surface area contributed by atoms with Crippen LogP contribution < -0.4 is 4.90 Å². The Morgan fingerprint density at radius 3 is 2.55 bits per heavy atom. The standard InChI is InChI=1S/C16H18N2O3S/c1-3-7-13-17-11(2)15(22-13)16(21)18(10-14(19)20)12-8-5-4-6-9-12/h4-6,8-9H,3,7,10H2,1-2H3,(H,19,20). The molecule has 1 N–H and O–H groups in total. The van der Waals surface area contributed by atoms with Crippen molar-refractivity contribution < 1.29 is 14.7 Å². The SMILES string of the molecule is CCCc1nc(C)c(C(=O)N(CC(=O)O)c2ccccc2)s1. The fourth-order valence-corrected chi connectivity index (χ4v) is 3.23. The summed E-state index contributed by atoms with van der Waals surface area (Å²) in [7, 11) is 0. The molecule has 0 radical (unpaired) electrons. The number of thiazole rings is 1. The lowest BCUT2D eigenvalue weighted by atomic mass is 10.2. The van der Waals surface area contributed by atoms with Gasteiger partial charge in [0.25, 0.3) is 5.91 Å². The molecule has 1 heterocycles. The monoisotopic (exact) mass is 318 g/mol. The highest BCUT2D eigenvalue weighted by atomic mass is 32.1. The van der Waals surface area contributed by atoms with Crippen LogP contribution in [0.2, 0.25) is 0 Å². The molecule has 0 saturated heterocycles. The highest BCUT2D eigenvalue weighted by Gasteiger charge is 2.24. The Kier molecular flexibility index (Phi) is 5.27. The minimum Gasteiger partial charge on any atom is -0.480 e. The predicted octanol–water partition coefficient (Wildman–Crippen LogP) is 3.14. The summed E-state index contributed by atoms with van der Waals surface area (Å²) >= 11 is 1.35. The Balaban J connectivity index is 2.35. The number of carboxylic acids is 1. The smallest absolute Gasteiger partial charge is 0.323 e. The number of benzene rings is 1. The second-order valence-corrected chi connectivity index (χ2v) is 5.98. The van der Waals surface area contributed by atoms with Crippen molar-refractivity contribution in [3.05, 3.63) is 45.9 Å². The zero-order valence-corrected chi connectivity index (χ0v) is 13.4. The van der Waals surface area contributed by atoms with Crippen LogP contribution in [0.25, 0.3) is 0 Å². The molecule has 0 aliphatic heterocycles. The van der Waals surface area contributed by atoms with Gasteiger partial charge in [0.1, 0.15) is 11.4 Å². The van der Waals surface area contributed by atoms with Gasteiger partial charge < -0.3 is 5.11 Å². The van der Waals surface area contributed by atoms with E-state index in [2.05, 4.69) is 11.9 Å². The molecule has 2 rings (SSSR count). The first kappa shape index (κ1) is 16.2. The topological polar surface area (TPSA) is 70.5 Å². The van der Waals surface area contributed by atoms with E-state index in [-0.39, 0.29) is 12.5 Å². The van der Waals surface area contributed by atoms with Crippen LogP contribution in [0.4, 0.5) is 5.69 Å². The maximum absolute atomic E-state index is 12.8. The number of carboxylic acid groups (broad SMARTS) is 1. The van der Waals surface area contributed by atoms with Gasteiger partial charge in [-0.05, 0) is 31.9 Å². The number of amides is 1. The number of aliphatic carboxylic acids is 1. The molecular formula is C16H18N2O3S. The molecule has 1 aromatic heterocycles. The minimum absolute atomic E-state index is 0.314. The molecule has 0 spiro atoms. The maximum atomic E-state index is 12.8. The van der Waals surface area contributed by atoms with Gasteiger partial charge in [0.2, 0.25) is 0 Å². The number of nitrogens with zero attached hydrogens (tertiary/aromatic N) is 2. The minimum atomic E-state index is -1.05. The van der Waals surface area contributed by atoms with Crippen LogP contribution in [-0.2, 0) is 11.2 Å². The van der Waals surface area contributed by atoms with E-state index in [0.717, 1.165) is 17.8 Å². The summed E-state index contributed by atoms with van der Waals surface area (Å²) in [5, 5.41) is 10.0. The third-order valence-electron chi connectivity index (χ3n) is 3.11. The first-order valence-corrected chi connectivity index (χ1v) is 7.89. The average Bonchev–Trinajstić information content (AvgIpc) is 2.86. The van der Waals surface area contributed by atoms with Gasteiger partial charge in [0, 0.05) is 5.69 Å². The van der Waals surface area contributed by atoms with Gasteiger partial charge in [0.05, 0.1) is 10.7 Å². The summed E-state index contributed by atoms with van der Waals surface area (Å²) in [6, 6.07) is 8.83. The van der Waals surface area contributed by atoms with Gasteiger partial charge in [-0.3, -0.25) is 14.5 Å². The molecule has 0 saturated carbocycles. The average molecular weight is 318 g/mol. The van der Waals surface area contributed by atoms with Crippen molar-refractivity contribution in [2.45, 2.75) is 26.7 Å². The summed E-state index contributed by atoms with van der Waals surface area (Å²) in [5.74, 6) is -1.36. The zero-order chi connectivity index (χ0) is 16.1. The molecule has 1 aromatic carbocycles. The number of anilines is 1. The Morgan fingerprint density at radius 1 is 1.27 bits per heavy atom. The predicted molar refractivity (Wildman–Crippen MR) is 86.6 cm³/mol. The van der Waals surface area contributed by atoms with Crippen molar-refractivity contribution in [1.29, 1.82) is 0 Å². The van der Waals surface area contributed by atoms with E-state index in [0.29, 0.717) is 16.3 Å². The number of hydrogen-bond donors (Lipinski definition) is 1. The Hall–Kier alpha value is -2.21. The fourth-order valence-electron chi connectivity index (χ4n) is 2.12. The quantitative estimate of drug-likeness (QED) is 0.888. The number of aryl methyl sites for hydroxylation is 2. The van der Waals surface area contributed by atoms with Crippen molar-refractivity contribution >= 4 is 28.9 Å². The molecule has 1 amide bonds. The van der Waals surface area contributed by atoms with Crippen LogP contribution in [-0.4, -0.2) is 28.5 Å². The number of para-hydroxylation sites is 1. The highest BCUT2D eigenvalue weighted by molar-refractivity contribution is 7.14. The van der Waals surface area contributed by atoms with E-state index in [1.165, 1.54) is 16.2 Å². The van der Waals surface area contributed by atoms with Crippen LogP contribution in [0, 0.1) is 6.92 Å². The summed E-state index contributed by atoms with van der Waals surface area (Å²) in [6.45, 7) is 3.47. The number of aromatic nitrogens is 1. The van der Waals surface area contributed by atoms with Crippen LogP contribution in [0.5, 0.6) is 0 Å². The highest BCUT2D eigenvalue weighted by Crippen LogP contribution is 2.24. The fraction of sp³-hybridized carbons (Fsp3) is 0.312. The number of rotatable bonds is 6. The molecule has 0 fully saturated rings. The molecule has 0 bridgehead atoms. The first-order chi connectivity index (χ1) is 10.5. The van der Waals surface area contributed by atoms with Crippen LogP contribution in [0.3, 0.4) is 0 Å². The summed E-state index contributed by atoms with van der Waals surface area (Å²) in [6.07, 6.45) is 1.78. The largest absolute Gasteiger partial charge is 0.480 e. The molecule has 0 aliphatic rings. The first-order valence-electron chi connectivity index (χ1n) is 7.08. The number of hydrogen-bond acceptors (Lipinski definition) is 4. The van der Waals surface area contributed by atoms with E-state index < -0.39 is 5.97 Å². The molecule has 6 heteroatoms. The molecule has 0 unspecified atom stereocenters. The Morgan fingerprint density at radius 2 is 1.95 bits per heavy atom. The van der Waals surface area contributed by atoms with Crippen molar-refractivity contribution in [2.75, 3.05) is 11.4 Å². The van der Waals surface area contributed by atoms with Crippen molar-refractivity contribution in [3.63, 3.8) is 0 Å². The maximum Gasteiger partial charge on any atom is 0.323 e. The molecule has 0 aliphatic carbocycles. The van der Waals surface area contributed by atoms with E-state index in [9.17, 15) is 9.59 Å². The molecule has 116 valence electrons. The second-order valence-electron chi connectivity index (χ2n) is 4.89. The summed E-state index contributed by atoms with van der Waals surface area (Å²) in [5.41, 5.74) is 1.23. The zero-order valence-electron chi connectivity index (χ0n) is 12.6. The van der Waals surface area contributed by atoms with E-state index in [4.69, 9.17) is 5.11 Å². The number of carbonyl (C=O) groups is 2. The van der Waals surface area contributed by atoms with Gasteiger partial charge in [-0.25, -0.2) is 4.98 Å². The Bertz CT molecular complexity index is 667. The Labute approximate surface area is 133 Å². The van der Waals surface area contributed by atoms with Crippen molar-refractivity contribution in [3.8, 4) is 0 Å². The lowest BCUT2D eigenvalue weighted by Gasteiger charge is -2.20. The summed E-state index contributed by atoms with van der Waals surface area (Å²) in [4.78, 5) is 30.0. The van der Waals surface area contributed by atoms with Gasteiger partial charge in [-0.15, -0.1) is 11.3 Å². The molecular weight excluding hydrogens is 300 g/mol. The van der Waals surface area contributed by atoms with E-state index in [1.807, 2.05) is 6.07 Å². The summed E-state index contributed by atoms with van der Waals surface area (Å²) < 4.78 is 0. The normalized spacial score (nSPS) is 10.5. The lowest BCUT2D eigenvalue weighted by Crippen LogP contribution is -2.35. The number of carbonyl (C=O) groups excluding carboxylic acids is 1. The molecule has 22 heavy (non-hydrogen) atoms. The second kappa shape index (κ2) is 7.17. The van der Waals surface area contributed by atoms with E-state index >= 15 is 0 Å². The van der Waals surface area contributed by atoms with Gasteiger partial charge in [-0.1, -0.05) is 25.1 Å². The van der Waals surface area contributed by atoms with E-state index in [1.54, 1.807) is 31.2 Å². The van der Waals surface area contributed by atoms with Crippen LogP contribution in [0.1, 0.15) is 33.7 Å². The van der Waals surface area contributed by atoms with Gasteiger partial charge >= 0.3 is 5.97 Å². The third kappa shape index (κ3) is 3.71.